The molecule has 1 aromatic carbocycles. The number of benzene rings is 1. The van der Waals surface area contributed by atoms with Crippen LogP contribution in [0.2, 0.25) is 0 Å². The van der Waals surface area contributed by atoms with Crippen LogP contribution in [0.4, 0.5) is 5.69 Å². The van der Waals surface area contributed by atoms with Crippen LogP contribution in [0.1, 0.15) is 15.9 Å². The monoisotopic (exact) mass is 259 g/mol. The molecule has 0 atom stereocenters. The highest BCUT2D eigenvalue weighted by molar-refractivity contribution is 7.99. The van der Waals surface area contributed by atoms with E-state index in [9.17, 15) is 4.79 Å². The van der Waals surface area contributed by atoms with E-state index in [0.717, 1.165) is 4.90 Å². The second-order valence-corrected chi connectivity index (χ2v) is 4.96. The topological polar surface area (TPSA) is 82.0 Å². The number of hydrogen-bond donors (Lipinski definition) is 2. The molecule has 18 heavy (non-hydrogen) atoms. The average molecular weight is 259 g/mol. The maximum Gasteiger partial charge on any atom is 0.251 e. The molecular formula is C13H13N3OS. The molecule has 0 radical (unpaired) electrons. The Kier molecular flexibility index (Phi) is 3.53. The quantitative estimate of drug-likeness (QED) is 0.885. The van der Waals surface area contributed by atoms with Crippen LogP contribution < -0.4 is 11.5 Å². The molecule has 2 aromatic rings. The Labute approximate surface area is 109 Å². The van der Waals surface area contributed by atoms with Crippen molar-refractivity contribution < 1.29 is 4.79 Å². The lowest BCUT2D eigenvalue weighted by Crippen LogP contribution is -2.13. The number of nitrogen functional groups attached to an aromatic ring is 1. The lowest BCUT2D eigenvalue weighted by molar-refractivity contribution is 0.0997. The number of anilines is 1. The third kappa shape index (κ3) is 2.81. The lowest BCUT2D eigenvalue weighted by Gasteiger charge is -2.06. The SMILES string of the molecule is Cc1ccc(Sc2ncc(N)cc2C(N)=O)cc1. The van der Waals surface area contributed by atoms with Crippen molar-refractivity contribution in [3.05, 3.63) is 47.7 Å². The average Bonchev–Trinajstić information content (AvgIpc) is 2.34. The normalized spacial score (nSPS) is 10.3. The highest BCUT2D eigenvalue weighted by Gasteiger charge is 2.11. The van der Waals surface area contributed by atoms with Gasteiger partial charge in [-0.3, -0.25) is 4.79 Å². The third-order valence-electron chi connectivity index (χ3n) is 2.37. The second-order valence-electron chi connectivity index (χ2n) is 3.90. The van der Waals surface area contributed by atoms with Gasteiger partial charge in [0.15, 0.2) is 0 Å². The zero-order chi connectivity index (χ0) is 13.1. The van der Waals surface area contributed by atoms with Crippen LogP contribution in [0.25, 0.3) is 0 Å². The Morgan fingerprint density at radius 1 is 1.28 bits per heavy atom. The van der Waals surface area contributed by atoms with Gasteiger partial charge in [-0.15, -0.1) is 0 Å². The summed E-state index contributed by atoms with van der Waals surface area (Å²) in [5, 5.41) is 0.570. The van der Waals surface area contributed by atoms with Crippen LogP contribution in [-0.4, -0.2) is 10.9 Å². The number of nitrogens with zero attached hydrogens (tertiary/aromatic N) is 1. The molecule has 2 rings (SSSR count). The van der Waals surface area contributed by atoms with Gasteiger partial charge in [0.2, 0.25) is 0 Å². The Hall–Kier alpha value is -2.01. The van der Waals surface area contributed by atoms with Crippen molar-refractivity contribution in [1.29, 1.82) is 0 Å². The molecule has 0 unspecified atom stereocenters. The lowest BCUT2D eigenvalue weighted by atomic mass is 10.2. The van der Waals surface area contributed by atoms with Crippen molar-refractivity contribution in [2.45, 2.75) is 16.8 Å². The molecule has 0 aliphatic heterocycles. The van der Waals surface area contributed by atoms with E-state index in [0.29, 0.717) is 16.3 Å². The number of primary amides is 1. The maximum absolute atomic E-state index is 11.3. The highest BCUT2D eigenvalue weighted by atomic mass is 32.2. The largest absolute Gasteiger partial charge is 0.397 e. The minimum Gasteiger partial charge on any atom is -0.397 e. The smallest absolute Gasteiger partial charge is 0.251 e. The van der Waals surface area contributed by atoms with Gasteiger partial charge in [0.05, 0.1) is 17.4 Å². The van der Waals surface area contributed by atoms with E-state index >= 15 is 0 Å². The maximum atomic E-state index is 11.3. The van der Waals surface area contributed by atoms with Gasteiger partial charge in [0.1, 0.15) is 5.03 Å². The van der Waals surface area contributed by atoms with Crippen LogP contribution in [0.3, 0.4) is 0 Å². The third-order valence-corrected chi connectivity index (χ3v) is 3.40. The molecule has 92 valence electrons. The molecule has 0 aliphatic rings. The Morgan fingerprint density at radius 3 is 2.56 bits per heavy atom. The minimum absolute atomic E-state index is 0.348. The van der Waals surface area contributed by atoms with E-state index < -0.39 is 5.91 Å². The van der Waals surface area contributed by atoms with Crippen LogP contribution in [0.5, 0.6) is 0 Å². The fraction of sp³-hybridized carbons (Fsp3) is 0.0769. The predicted octanol–water partition coefficient (Wildman–Crippen LogP) is 2.22. The van der Waals surface area contributed by atoms with E-state index in [-0.39, 0.29) is 0 Å². The van der Waals surface area contributed by atoms with Gasteiger partial charge in [-0.25, -0.2) is 4.98 Å². The molecule has 5 heteroatoms. The molecule has 0 fully saturated rings. The van der Waals surface area contributed by atoms with Crippen molar-refractivity contribution in [3.63, 3.8) is 0 Å². The minimum atomic E-state index is -0.524. The van der Waals surface area contributed by atoms with Gasteiger partial charge in [0, 0.05) is 4.90 Å². The number of nitrogens with two attached hydrogens (primary N) is 2. The summed E-state index contributed by atoms with van der Waals surface area (Å²) in [5.41, 5.74) is 12.9. The predicted molar refractivity (Wildman–Crippen MR) is 72.5 cm³/mol. The number of amides is 1. The molecule has 0 spiro atoms. The van der Waals surface area contributed by atoms with E-state index in [4.69, 9.17) is 11.5 Å². The summed E-state index contributed by atoms with van der Waals surface area (Å²) >= 11 is 1.39. The number of carbonyl (C=O) groups excluding carboxylic acids is 1. The van der Waals surface area contributed by atoms with Gasteiger partial charge in [-0.05, 0) is 25.1 Å². The number of aromatic nitrogens is 1. The summed E-state index contributed by atoms with van der Waals surface area (Å²) in [7, 11) is 0. The molecule has 4 N–H and O–H groups in total. The molecule has 4 nitrogen and oxygen atoms in total. The Bertz CT molecular complexity index is 581. The van der Waals surface area contributed by atoms with E-state index in [2.05, 4.69) is 4.98 Å². The van der Waals surface area contributed by atoms with Crippen molar-refractivity contribution >= 4 is 23.4 Å². The first kappa shape index (κ1) is 12.4. The summed E-state index contributed by atoms with van der Waals surface area (Å²) in [5.74, 6) is -0.524. The van der Waals surface area contributed by atoms with Crippen molar-refractivity contribution in [1.82, 2.24) is 4.98 Å². The number of hydrogen-bond acceptors (Lipinski definition) is 4. The van der Waals surface area contributed by atoms with Crippen LogP contribution in [0.15, 0.2) is 46.5 Å². The summed E-state index contributed by atoms with van der Waals surface area (Å²) in [6.45, 7) is 2.02. The first-order valence-electron chi connectivity index (χ1n) is 5.36. The molecule has 0 saturated carbocycles. The molecular weight excluding hydrogens is 246 g/mol. The molecule has 0 aliphatic carbocycles. The van der Waals surface area contributed by atoms with Gasteiger partial charge in [0.25, 0.3) is 5.91 Å². The fourth-order valence-corrected chi connectivity index (χ4v) is 2.31. The van der Waals surface area contributed by atoms with Gasteiger partial charge in [-0.1, -0.05) is 29.5 Å². The van der Waals surface area contributed by atoms with Gasteiger partial charge in [-0.2, -0.15) is 0 Å². The summed E-state index contributed by atoms with van der Waals surface area (Å²) < 4.78 is 0. The van der Waals surface area contributed by atoms with Crippen molar-refractivity contribution in [3.8, 4) is 0 Å². The van der Waals surface area contributed by atoms with Crippen LogP contribution in [0, 0.1) is 6.92 Å². The Balaban J connectivity index is 2.34. The number of pyridine rings is 1. The number of rotatable bonds is 3. The molecule has 1 heterocycles. The summed E-state index contributed by atoms with van der Waals surface area (Å²) in [6.07, 6.45) is 1.52. The summed E-state index contributed by atoms with van der Waals surface area (Å²) in [4.78, 5) is 16.5. The standard InChI is InChI=1S/C13H13N3OS/c1-8-2-4-10(5-3-8)18-13-11(12(15)17)6-9(14)7-16-13/h2-7H,14H2,1H3,(H2,15,17). The first-order valence-corrected chi connectivity index (χ1v) is 6.18. The van der Waals surface area contributed by atoms with Gasteiger partial charge < -0.3 is 11.5 Å². The van der Waals surface area contributed by atoms with Crippen molar-refractivity contribution in [2.24, 2.45) is 5.73 Å². The Morgan fingerprint density at radius 2 is 1.94 bits per heavy atom. The zero-order valence-corrected chi connectivity index (χ0v) is 10.7. The summed E-state index contributed by atoms with van der Waals surface area (Å²) in [6, 6.07) is 9.50. The molecule has 1 aromatic heterocycles. The number of carbonyl (C=O) groups is 1. The van der Waals surface area contributed by atoms with E-state index in [1.54, 1.807) is 6.07 Å². The zero-order valence-electron chi connectivity index (χ0n) is 9.88. The highest BCUT2D eigenvalue weighted by Crippen LogP contribution is 2.29. The molecule has 1 amide bonds. The number of aryl methyl sites for hydroxylation is 1. The van der Waals surface area contributed by atoms with Crippen LogP contribution in [-0.2, 0) is 0 Å². The second kappa shape index (κ2) is 5.10. The molecule has 0 saturated heterocycles. The first-order chi connectivity index (χ1) is 8.56. The van der Waals surface area contributed by atoms with E-state index in [1.807, 2.05) is 31.2 Å². The van der Waals surface area contributed by atoms with Crippen LogP contribution >= 0.6 is 11.8 Å². The van der Waals surface area contributed by atoms with E-state index in [1.165, 1.54) is 23.5 Å². The van der Waals surface area contributed by atoms with Gasteiger partial charge >= 0.3 is 0 Å². The molecule has 0 bridgehead atoms. The van der Waals surface area contributed by atoms with Crippen molar-refractivity contribution in [2.75, 3.05) is 5.73 Å². The fourth-order valence-electron chi connectivity index (χ4n) is 1.44.